The topological polar surface area (TPSA) is 54.1 Å². The normalized spacial score (nSPS) is 22.0. The quantitative estimate of drug-likeness (QED) is 0.908. The molecule has 1 aromatic heterocycles. The number of aromatic nitrogens is 1. The zero-order valence-corrected chi connectivity index (χ0v) is 12.6. The van der Waals surface area contributed by atoms with Gasteiger partial charge in [-0.3, -0.25) is 4.79 Å². The lowest BCUT2D eigenvalue weighted by atomic mass is 9.93. The number of ether oxygens (including phenoxy) is 1. The first-order valence-electron chi connectivity index (χ1n) is 7.62. The molecule has 2 heterocycles. The van der Waals surface area contributed by atoms with Gasteiger partial charge in [0.2, 0.25) is 0 Å². The molecule has 2 N–H and O–H groups in total. The third-order valence-electron chi connectivity index (χ3n) is 4.26. The van der Waals surface area contributed by atoms with Gasteiger partial charge in [0.1, 0.15) is 0 Å². The number of aromatic amines is 1. The summed E-state index contributed by atoms with van der Waals surface area (Å²) in [6.45, 7) is 5.83. The predicted octanol–water partition coefficient (Wildman–Crippen LogP) is 2.96. The van der Waals surface area contributed by atoms with Gasteiger partial charge in [0.15, 0.2) is 0 Å². The Kier molecular flexibility index (Phi) is 3.97. The van der Waals surface area contributed by atoms with Crippen molar-refractivity contribution in [2.75, 3.05) is 13.2 Å². The number of carbonyl (C=O) groups excluding carboxylic acids is 1. The van der Waals surface area contributed by atoms with Crippen LogP contribution in [0.25, 0.3) is 10.9 Å². The summed E-state index contributed by atoms with van der Waals surface area (Å²) in [6.07, 6.45) is 3.17. The molecule has 112 valence electrons. The number of benzene rings is 1. The fourth-order valence-electron chi connectivity index (χ4n) is 3.13. The summed E-state index contributed by atoms with van der Waals surface area (Å²) in [5, 5.41) is 4.12. The molecule has 0 spiro atoms. The second-order valence-electron chi connectivity index (χ2n) is 6.12. The number of rotatable bonds is 4. The third kappa shape index (κ3) is 2.95. The van der Waals surface area contributed by atoms with Gasteiger partial charge in [0.05, 0.1) is 6.10 Å². The van der Waals surface area contributed by atoms with Gasteiger partial charge < -0.3 is 15.0 Å². The average molecular weight is 286 g/mol. The van der Waals surface area contributed by atoms with E-state index in [4.69, 9.17) is 4.74 Å². The van der Waals surface area contributed by atoms with Crippen molar-refractivity contribution in [3.63, 3.8) is 0 Å². The second-order valence-corrected chi connectivity index (χ2v) is 6.12. The van der Waals surface area contributed by atoms with Gasteiger partial charge in [0, 0.05) is 41.7 Å². The van der Waals surface area contributed by atoms with E-state index in [1.54, 1.807) is 0 Å². The Hall–Kier alpha value is -1.81. The lowest BCUT2D eigenvalue weighted by molar-refractivity contribution is 0.0533. The first-order chi connectivity index (χ1) is 10.1. The van der Waals surface area contributed by atoms with Crippen LogP contribution >= 0.6 is 0 Å². The summed E-state index contributed by atoms with van der Waals surface area (Å²) in [5.41, 5.74) is 1.76. The zero-order valence-electron chi connectivity index (χ0n) is 12.6. The maximum absolute atomic E-state index is 12.3. The summed E-state index contributed by atoms with van der Waals surface area (Å²) < 4.78 is 5.76. The Bertz CT molecular complexity index is 633. The van der Waals surface area contributed by atoms with Gasteiger partial charge in [-0.1, -0.05) is 13.8 Å². The number of carbonyl (C=O) groups is 1. The van der Waals surface area contributed by atoms with Crippen LogP contribution in [0.15, 0.2) is 30.5 Å². The minimum absolute atomic E-state index is 0.00694. The van der Waals surface area contributed by atoms with Crippen molar-refractivity contribution in [2.24, 2.45) is 11.8 Å². The molecule has 1 aliphatic rings. The van der Waals surface area contributed by atoms with Crippen LogP contribution in [-0.2, 0) is 4.74 Å². The highest BCUT2D eigenvalue weighted by atomic mass is 16.5. The van der Waals surface area contributed by atoms with Crippen molar-refractivity contribution >= 4 is 16.8 Å². The molecule has 4 heteroatoms. The smallest absolute Gasteiger partial charge is 0.251 e. The Morgan fingerprint density at radius 3 is 3.10 bits per heavy atom. The van der Waals surface area contributed by atoms with Crippen LogP contribution in [-0.4, -0.2) is 30.1 Å². The van der Waals surface area contributed by atoms with E-state index in [-0.39, 0.29) is 12.0 Å². The SMILES string of the molecule is CC(C)[C@H]1OCC[C@H]1CNC(=O)c1ccc2[nH]ccc2c1. The number of hydrogen-bond acceptors (Lipinski definition) is 2. The van der Waals surface area contributed by atoms with Crippen molar-refractivity contribution in [3.05, 3.63) is 36.0 Å². The van der Waals surface area contributed by atoms with Crippen molar-refractivity contribution in [2.45, 2.75) is 26.4 Å². The summed E-state index contributed by atoms with van der Waals surface area (Å²) in [5.74, 6) is 0.906. The molecule has 1 fully saturated rings. The molecule has 3 rings (SSSR count). The maximum atomic E-state index is 12.3. The Balaban J connectivity index is 1.63. The molecule has 0 bridgehead atoms. The van der Waals surface area contributed by atoms with Gasteiger partial charge in [-0.05, 0) is 36.6 Å². The molecule has 0 radical (unpaired) electrons. The van der Waals surface area contributed by atoms with Crippen LogP contribution in [0, 0.1) is 11.8 Å². The van der Waals surface area contributed by atoms with Gasteiger partial charge in [-0.2, -0.15) is 0 Å². The minimum atomic E-state index is -0.00694. The lowest BCUT2D eigenvalue weighted by Crippen LogP contribution is -2.34. The monoisotopic (exact) mass is 286 g/mol. The van der Waals surface area contributed by atoms with E-state index in [9.17, 15) is 4.79 Å². The summed E-state index contributed by atoms with van der Waals surface area (Å²) in [7, 11) is 0. The van der Waals surface area contributed by atoms with Crippen LogP contribution in [0.4, 0.5) is 0 Å². The molecule has 1 amide bonds. The summed E-state index contributed by atoms with van der Waals surface area (Å²) >= 11 is 0. The maximum Gasteiger partial charge on any atom is 0.251 e. The van der Waals surface area contributed by atoms with Crippen LogP contribution in [0.1, 0.15) is 30.6 Å². The molecule has 4 nitrogen and oxygen atoms in total. The molecular formula is C17H22N2O2. The van der Waals surface area contributed by atoms with Crippen LogP contribution in [0.2, 0.25) is 0 Å². The van der Waals surface area contributed by atoms with Gasteiger partial charge in [-0.15, -0.1) is 0 Å². The summed E-state index contributed by atoms with van der Waals surface area (Å²) in [4.78, 5) is 15.4. The first kappa shape index (κ1) is 14.1. The molecule has 21 heavy (non-hydrogen) atoms. The van der Waals surface area contributed by atoms with Gasteiger partial charge in [0.25, 0.3) is 5.91 Å². The van der Waals surface area contributed by atoms with Crippen LogP contribution in [0.3, 0.4) is 0 Å². The molecular weight excluding hydrogens is 264 g/mol. The highest BCUT2D eigenvalue weighted by molar-refractivity contribution is 5.98. The Morgan fingerprint density at radius 2 is 2.29 bits per heavy atom. The largest absolute Gasteiger partial charge is 0.378 e. The molecule has 0 aliphatic carbocycles. The number of nitrogens with one attached hydrogen (secondary N) is 2. The van der Waals surface area contributed by atoms with Gasteiger partial charge in [-0.25, -0.2) is 0 Å². The fraction of sp³-hybridized carbons (Fsp3) is 0.471. The zero-order chi connectivity index (χ0) is 14.8. The van der Waals surface area contributed by atoms with E-state index in [0.29, 0.717) is 23.9 Å². The van der Waals surface area contributed by atoms with Crippen LogP contribution in [0.5, 0.6) is 0 Å². The van der Waals surface area contributed by atoms with E-state index in [1.807, 2.05) is 30.5 Å². The molecule has 0 unspecified atom stereocenters. The predicted molar refractivity (Wildman–Crippen MR) is 83.3 cm³/mol. The fourth-order valence-corrected chi connectivity index (χ4v) is 3.13. The molecule has 2 atom stereocenters. The summed E-state index contributed by atoms with van der Waals surface area (Å²) in [6, 6.07) is 7.71. The first-order valence-corrected chi connectivity index (χ1v) is 7.62. The number of H-pyrrole nitrogens is 1. The third-order valence-corrected chi connectivity index (χ3v) is 4.26. The van der Waals surface area contributed by atoms with E-state index < -0.39 is 0 Å². The van der Waals surface area contributed by atoms with Gasteiger partial charge >= 0.3 is 0 Å². The van der Waals surface area contributed by atoms with Crippen molar-refractivity contribution < 1.29 is 9.53 Å². The molecule has 0 saturated carbocycles. The van der Waals surface area contributed by atoms with E-state index in [2.05, 4.69) is 24.1 Å². The van der Waals surface area contributed by atoms with Crippen molar-refractivity contribution in [1.29, 1.82) is 0 Å². The van der Waals surface area contributed by atoms with E-state index >= 15 is 0 Å². The lowest BCUT2D eigenvalue weighted by Gasteiger charge is -2.22. The molecule has 2 aromatic rings. The van der Waals surface area contributed by atoms with Crippen LogP contribution < -0.4 is 5.32 Å². The molecule has 1 aliphatic heterocycles. The molecule has 1 aromatic carbocycles. The Labute approximate surface area is 124 Å². The highest BCUT2D eigenvalue weighted by Crippen LogP contribution is 2.26. The minimum Gasteiger partial charge on any atom is -0.378 e. The standard InChI is InChI=1S/C17H22N2O2/c1-11(2)16-14(6-8-21-16)10-19-17(20)13-3-4-15-12(9-13)5-7-18-15/h3-5,7,9,11,14,16,18H,6,8,10H2,1-2H3,(H,19,20)/t14-,16+/m0/s1. The average Bonchev–Trinajstić information content (AvgIpc) is 3.12. The Morgan fingerprint density at radius 1 is 1.43 bits per heavy atom. The van der Waals surface area contributed by atoms with E-state index in [1.165, 1.54) is 0 Å². The molecule has 1 saturated heterocycles. The number of fused-ring (bicyclic) bond motifs is 1. The van der Waals surface area contributed by atoms with Crippen molar-refractivity contribution in [3.8, 4) is 0 Å². The highest BCUT2D eigenvalue weighted by Gasteiger charge is 2.30. The second kappa shape index (κ2) is 5.90. The van der Waals surface area contributed by atoms with E-state index in [0.717, 1.165) is 23.9 Å². The number of amides is 1. The van der Waals surface area contributed by atoms with Crippen molar-refractivity contribution in [1.82, 2.24) is 10.3 Å². The number of hydrogen-bond donors (Lipinski definition) is 2.